The second-order valence-corrected chi connectivity index (χ2v) is 7.52. The summed E-state index contributed by atoms with van der Waals surface area (Å²) in [5, 5.41) is 6.03. The fourth-order valence-electron chi connectivity index (χ4n) is 3.34. The van der Waals surface area contributed by atoms with Crippen LogP contribution in [0, 0.1) is 0 Å². The third-order valence-electron chi connectivity index (χ3n) is 5.19. The zero-order valence-electron chi connectivity index (χ0n) is 16.3. The van der Waals surface area contributed by atoms with Crippen LogP contribution in [0.25, 0.3) is 6.08 Å². The highest BCUT2D eigenvalue weighted by atomic mass is 16.2. The van der Waals surface area contributed by atoms with Gasteiger partial charge in [0.05, 0.1) is 0 Å². The lowest BCUT2D eigenvalue weighted by Gasteiger charge is -2.32. The Morgan fingerprint density at radius 2 is 1.59 bits per heavy atom. The van der Waals surface area contributed by atoms with Crippen LogP contribution >= 0.6 is 0 Å². The maximum absolute atomic E-state index is 12.2. The molecule has 2 heterocycles. The van der Waals surface area contributed by atoms with Gasteiger partial charge < -0.3 is 15.5 Å². The maximum Gasteiger partial charge on any atom is 0.251 e. The van der Waals surface area contributed by atoms with Crippen LogP contribution in [0.4, 0.5) is 5.95 Å². The molecule has 1 aromatic carbocycles. The van der Waals surface area contributed by atoms with E-state index in [-0.39, 0.29) is 17.9 Å². The molecule has 2 amide bonds. The van der Waals surface area contributed by atoms with E-state index in [1.54, 1.807) is 42.7 Å². The first-order valence-corrected chi connectivity index (χ1v) is 10.1. The summed E-state index contributed by atoms with van der Waals surface area (Å²) in [4.78, 5) is 34.9. The topological polar surface area (TPSA) is 87.2 Å². The molecule has 0 atom stereocenters. The minimum atomic E-state index is -0.102. The summed E-state index contributed by atoms with van der Waals surface area (Å²) < 4.78 is 0. The minimum absolute atomic E-state index is 0.0342. The van der Waals surface area contributed by atoms with Crippen molar-refractivity contribution in [2.24, 2.45) is 0 Å². The first-order valence-electron chi connectivity index (χ1n) is 10.1. The van der Waals surface area contributed by atoms with E-state index in [1.807, 2.05) is 12.1 Å². The highest BCUT2D eigenvalue weighted by Crippen LogP contribution is 2.19. The number of piperidine rings is 1. The largest absolute Gasteiger partial charge is 0.350 e. The van der Waals surface area contributed by atoms with E-state index >= 15 is 0 Å². The first kappa shape index (κ1) is 19.1. The number of carbonyl (C=O) groups is 2. The van der Waals surface area contributed by atoms with Crippen molar-refractivity contribution in [3.63, 3.8) is 0 Å². The Morgan fingerprint density at radius 1 is 0.931 bits per heavy atom. The SMILES string of the molecule is O=C(C=Cc1ccc(C(=O)NC2CC2)cc1)NC1CCN(c2ncccn2)CC1. The van der Waals surface area contributed by atoms with Gasteiger partial charge in [0.15, 0.2) is 0 Å². The number of hydrogen-bond donors (Lipinski definition) is 2. The lowest BCUT2D eigenvalue weighted by Crippen LogP contribution is -2.44. The molecule has 0 bridgehead atoms. The van der Waals surface area contributed by atoms with Crippen molar-refractivity contribution in [2.75, 3.05) is 18.0 Å². The molecule has 0 spiro atoms. The predicted octanol–water partition coefficient (Wildman–Crippen LogP) is 2.17. The van der Waals surface area contributed by atoms with E-state index in [2.05, 4.69) is 25.5 Å². The number of rotatable bonds is 6. The van der Waals surface area contributed by atoms with E-state index in [9.17, 15) is 9.59 Å². The molecule has 2 N–H and O–H groups in total. The number of carbonyl (C=O) groups excluding carboxylic acids is 2. The number of amides is 2. The van der Waals surface area contributed by atoms with Gasteiger partial charge in [-0.25, -0.2) is 9.97 Å². The summed E-state index contributed by atoms with van der Waals surface area (Å²) in [5.41, 5.74) is 1.53. The molecule has 4 rings (SSSR count). The van der Waals surface area contributed by atoms with Crippen LogP contribution < -0.4 is 15.5 Å². The molecule has 0 unspecified atom stereocenters. The molecule has 7 nitrogen and oxygen atoms in total. The van der Waals surface area contributed by atoms with Crippen LogP contribution in [0.5, 0.6) is 0 Å². The van der Waals surface area contributed by atoms with Crippen molar-refractivity contribution in [3.05, 3.63) is 59.9 Å². The molecule has 0 radical (unpaired) electrons. The fourth-order valence-corrected chi connectivity index (χ4v) is 3.34. The Balaban J connectivity index is 1.23. The van der Waals surface area contributed by atoms with Crippen LogP contribution in [0.3, 0.4) is 0 Å². The van der Waals surface area contributed by atoms with Gasteiger partial charge in [-0.3, -0.25) is 9.59 Å². The molecule has 150 valence electrons. The van der Waals surface area contributed by atoms with Gasteiger partial charge in [0, 0.05) is 49.2 Å². The predicted molar refractivity (Wildman–Crippen MR) is 111 cm³/mol. The number of nitrogens with zero attached hydrogens (tertiary/aromatic N) is 3. The lowest BCUT2D eigenvalue weighted by molar-refractivity contribution is -0.117. The normalized spacial score (nSPS) is 17.3. The Kier molecular flexibility index (Phi) is 5.84. The van der Waals surface area contributed by atoms with E-state index in [0.717, 1.165) is 50.3 Å². The molecule has 29 heavy (non-hydrogen) atoms. The summed E-state index contributed by atoms with van der Waals surface area (Å²) in [6.45, 7) is 1.64. The Labute approximate surface area is 170 Å². The molecule has 2 fully saturated rings. The number of hydrogen-bond acceptors (Lipinski definition) is 5. The highest BCUT2D eigenvalue weighted by Gasteiger charge is 2.23. The quantitative estimate of drug-likeness (QED) is 0.737. The maximum atomic E-state index is 12.2. The van der Waals surface area contributed by atoms with Crippen LogP contribution in [0.1, 0.15) is 41.6 Å². The molecule has 1 saturated carbocycles. The molecule has 2 aliphatic rings. The molecule has 7 heteroatoms. The van der Waals surface area contributed by atoms with Crippen molar-refractivity contribution >= 4 is 23.8 Å². The standard InChI is InChI=1S/C22H25N5O2/c28-20(25-19-10-14-27(15-11-19)22-23-12-1-13-24-22)9-4-16-2-5-17(6-3-16)21(29)26-18-7-8-18/h1-6,9,12-13,18-19H,7-8,10-11,14-15H2,(H,25,28)(H,26,29). The average Bonchev–Trinajstić information content (AvgIpc) is 3.58. The molecule has 2 aromatic rings. The molecule has 1 saturated heterocycles. The molecular weight excluding hydrogens is 366 g/mol. The summed E-state index contributed by atoms with van der Waals surface area (Å²) in [7, 11) is 0. The number of aromatic nitrogens is 2. The number of nitrogens with one attached hydrogen (secondary N) is 2. The summed E-state index contributed by atoms with van der Waals surface area (Å²) >= 11 is 0. The third-order valence-corrected chi connectivity index (χ3v) is 5.19. The van der Waals surface area contributed by atoms with Gasteiger partial charge in [-0.05, 0) is 55.5 Å². The lowest BCUT2D eigenvalue weighted by atomic mass is 10.1. The smallest absolute Gasteiger partial charge is 0.251 e. The van der Waals surface area contributed by atoms with Crippen molar-refractivity contribution in [2.45, 2.75) is 37.8 Å². The molecular formula is C22H25N5O2. The van der Waals surface area contributed by atoms with E-state index < -0.39 is 0 Å². The van der Waals surface area contributed by atoms with Crippen molar-refractivity contribution in [1.29, 1.82) is 0 Å². The highest BCUT2D eigenvalue weighted by molar-refractivity contribution is 5.95. The third kappa shape index (κ3) is 5.40. The Hall–Kier alpha value is -3.22. The average molecular weight is 391 g/mol. The van der Waals surface area contributed by atoms with Crippen molar-refractivity contribution in [3.8, 4) is 0 Å². The number of benzene rings is 1. The van der Waals surface area contributed by atoms with Crippen LogP contribution in [-0.4, -0.2) is 47.0 Å². The van der Waals surface area contributed by atoms with Gasteiger partial charge in [-0.2, -0.15) is 0 Å². The van der Waals surface area contributed by atoms with Gasteiger partial charge in [0.25, 0.3) is 5.91 Å². The minimum Gasteiger partial charge on any atom is -0.350 e. The van der Waals surface area contributed by atoms with Gasteiger partial charge in [-0.1, -0.05) is 12.1 Å². The molecule has 1 aliphatic heterocycles. The summed E-state index contributed by atoms with van der Waals surface area (Å²) in [5.74, 6) is 0.606. The van der Waals surface area contributed by atoms with Crippen LogP contribution in [0.2, 0.25) is 0 Å². The van der Waals surface area contributed by atoms with Crippen molar-refractivity contribution in [1.82, 2.24) is 20.6 Å². The zero-order valence-corrected chi connectivity index (χ0v) is 16.3. The van der Waals surface area contributed by atoms with Crippen LogP contribution in [0.15, 0.2) is 48.8 Å². The number of anilines is 1. The van der Waals surface area contributed by atoms with E-state index in [0.29, 0.717) is 11.6 Å². The second kappa shape index (κ2) is 8.86. The Morgan fingerprint density at radius 3 is 2.24 bits per heavy atom. The summed E-state index contributed by atoms with van der Waals surface area (Å²) in [6, 6.07) is 9.58. The van der Waals surface area contributed by atoms with Gasteiger partial charge in [0.1, 0.15) is 0 Å². The monoisotopic (exact) mass is 391 g/mol. The molecule has 1 aliphatic carbocycles. The fraction of sp³-hybridized carbons (Fsp3) is 0.364. The van der Waals surface area contributed by atoms with Gasteiger partial charge in [-0.15, -0.1) is 0 Å². The Bertz CT molecular complexity index is 870. The molecule has 1 aromatic heterocycles. The van der Waals surface area contributed by atoms with Gasteiger partial charge >= 0.3 is 0 Å². The summed E-state index contributed by atoms with van der Waals surface area (Å²) in [6.07, 6.45) is 10.7. The van der Waals surface area contributed by atoms with Gasteiger partial charge in [0.2, 0.25) is 11.9 Å². The van der Waals surface area contributed by atoms with E-state index in [1.165, 1.54) is 0 Å². The van der Waals surface area contributed by atoms with E-state index in [4.69, 9.17) is 0 Å². The zero-order chi connectivity index (χ0) is 20.1. The van der Waals surface area contributed by atoms with Crippen molar-refractivity contribution < 1.29 is 9.59 Å². The second-order valence-electron chi connectivity index (χ2n) is 7.52. The first-order chi connectivity index (χ1) is 14.2. The van der Waals surface area contributed by atoms with Crippen LogP contribution in [-0.2, 0) is 4.79 Å².